The van der Waals surface area contributed by atoms with Crippen LogP contribution in [0.2, 0.25) is 0 Å². The van der Waals surface area contributed by atoms with E-state index >= 15 is 0 Å². The molecule has 2 aromatic rings. The van der Waals surface area contributed by atoms with E-state index in [0.717, 1.165) is 13.0 Å². The summed E-state index contributed by atoms with van der Waals surface area (Å²) in [5.41, 5.74) is 1.68. The molecule has 0 aliphatic carbocycles. The number of likely N-dealkylation sites (tertiary alicyclic amines) is 1. The third-order valence-electron chi connectivity index (χ3n) is 5.25. The highest BCUT2D eigenvalue weighted by atomic mass is 19.1. The maximum absolute atomic E-state index is 14.3. The van der Waals surface area contributed by atoms with Crippen molar-refractivity contribution in [2.24, 2.45) is 5.41 Å². The standard InChI is InChI=1S/C18H24FN3O2/c1-4-18(2)11-22(10-15(18)23)8-7-12-13(19)9-20-14-5-6-16(24-3)21-17(12)14/h5-6,9,15,23H,4,7-8,10-11H2,1-3H3. The summed E-state index contributed by atoms with van der Waals surface area (Å²) in [5.74, 6) is 0.104. The molecular formula is C18H24FN3O2. The molecule has 1 N–H and O–H groups in total. The van der Waals surface area contributed by atoms with Crippen molar-refractivity contribution in [3.8, 4) is 5.88 Å². The second-order valence-corrected chi connectivity index (χ2v) is 6.81. The van der Waals surface area contributed by atoms with Crippen molar-refractivity contribution in [2.45, 2.75) is 32.8 Å². The van der Waals surface area contributed by atoms with Crippen molar-refractivity contribution in [2.75, 3.05) is 26.7 Å². The van der Waals surface area contributed by atoms with E-state index in [9.17, 15) is 9.50 Å². The van der Waals surface area contributed by atoms with Crippen LogP contribution in [-0.2, 0) is 6.42 Å². The second-order valence-electron chi connectivity index (χ2n) is 6.81. The third kappa shape index (κ3) is 3.08. The van der Waals surface area contributed by atoms with Crippen LogP contribution in [0.1, 0.15) is 25.8 Å². The topological polar surface area (TPSA) is 58.5 Å². The zero-order valence-corrected chi connectivity index (χ0v) is 14.4. The predicted molar refractivity (Wildman–Crippen MR) is 90.6 cm³/mol. The minimum atomic E-state index is -0.346. The average Bonchev–Trinajstić information content (AvgIpc) is 2.88. The van der Waals surface area contributed by atoms with E-state index in [2.05, 4.69) is 28.7 Å². The van der Waals surface area contributed by atoms with Gasteiger partial charge in [-0.1, -0.05) is 13.8 Å². The number of aromatic nitrogens is 2. The molecule has 3 rings (SSSR count). The SMILES string of the molecule is CCC1(C)CN(CCc2c(F)cnc3ccc(OC)nc23)CC1O. The third-order valence-corrected chi connectivity index (χ3v) is 5.25. The summed E-state index contributed by atoms with van der Waals surface area (Å²) in [4.78, 5) is 10.7. The zero-order chi connectivity index (χ0) is 17.3. The number of aliphatic hydroxyl groups is 1. The number of β-amino-alcohol motifs (C(OH)–C–C–N with tert-alkyl or cyclic N) is 1. The Morgan fingerprint density at radius 3 is 2.92 bits per heavy atom. The number of hydrogen-bond donors (Lipinski definition) is 1. The molecule has 0 radical (unpaired) electrons. The minimum Gasteiger partial charge on any atom is -0.481 e. The van der Waals surface area contributed by atoms with Gasteiger partial charge in [0.2, 0.25) is 5.88 Å². The summed E-state index contributed by atoms with van der Waals surface area (Å²) in [6.45, 7) is 6.34. The van der Waals surface area contributed by atoms with Gasteiger partial charge in [-0.2, -0.15) is 0 Å². The lowest BCUT2D eigenvalue weighted by Gasteiger charge is -2.25. The van der Waals surface area contributed by atoms with Crippen LogP contribution >= 0.6 is 0 Å². The van der Waals surface area contributed by atoms with Crippen LogP contribution in [0.3, 0.4) is 0 Å². The van der Waals surface area contributed by atoms with E-state index in [0.29, 0.717) is 42.0 Å². The lowest BCUT2D eigenvalue weighted by Crippen LogP contribution is -2.29. The highest BCUT2D eigenvalue weighted by molar-refractivity contribution is 5.78. The van der Waals surface area contributed by atoms with Gasteiger partial charge in [0, 0.05) is 36.7 Å². The van der Waals surface area contributed by atoms with E-state index in [1.165, 1.54) is 13.3 Å². The molecule has 0 spiro atoms. The molecule has 0 amide bonds. The number of aliphatic hydroxyl groups excluding tert-OH is 1. The minimum absolute atomic E-state index is 0.0830. The summed E-state index contributed by atoms with van der Waals surface area (Å²) in [6, 6.07) is 3.51. The maximum Gasteiger partial charge on any atom is 0.213 e. The Bertz CT molecular complexity index is 740. The molecule has 1 aliphatic rings. The monoisotopic (exact) mass is 333 g/mol. The number of fused-ring (bicyclic) bond motifs is 1. The highest BCUT2D eigenvalue weighted by Gasteiger charge is 2.40. The average molecular weight is 333 g/mol. The van der Waals surface area contributed by atoms with Gasteiger partial charge in [0.1, 0.15) is 5.82 Å². The molecule has 2 atom stereocenters. The molecular weight excluding hydrogens is 309 g/mol. The fourth-order valence-corrected chi connectivity index (χ4v) is 3.36. The Hall–Kier alpha value is -1.79. The fraction of sp³-hybridized carbons (Fsp3) is 0.556. The lowest BCUT2D eigenvalue weighted by atomic mass is 9.84. The van der Waals surface area contributed by atoms with Crippen molar-refractivity contribution < 1.29 is 14.2 Å². The first-order valence-electron chi connectivity index (χ1n) is 8.35. The van der Waals surface area contributed by atoms with Gasteiger partial charge in [-0.15, -0.1) is 0 Å². The van der Waals surface area contributed by atoms with Crippen molar-refractivity contribution in [3.05, 3.63) is 29.7 Å². The van der Waals surface area contributed by atoms with Gasteiger partial charge in [-0.05, 0) is 18.9 Å². The van der Waals surface area contributed by atoms with Crippen LogP contribution in [0.5, 0.6) is 5.88 Å². The van der Waals surface area contributed by atoms with Gasteiger partial charge in [0.15, 0.2) is 0 Å². The number of nitrogens with zero attached hydrogens (tertiary/aromatic N) is 3. The molecule has 24 heavy (non-hydrogen) atoms. The number of ether oxygens (including phenoxy) is 1. The Balaban J connectivity index is 1.81. The molecule has 0 bridgehead atoms. The Kier molecular flexibility index (Phi) is 4.69. The summed E-state index contributed by atoms with van der Waals surface area (Å²) in [6.07, 6.45) is 2.37. The number of pyridine rings is 2. The molecule has 0 aromatic carbocycles. The molecule has 3 heterocycles. The van der Waals surface area contributed by atoms with Gasteiger partial charge in [0.05, 0.1) is 30.4 Å². The van der Waals surface area contributed by atoms with Crippen LogP contribution in [0.25, 0.3) is 11.0 Å². The largest absolute Gasteiger partial charge is 0.481 e. The Labute approximate surface area is 141 Å². The van der Waals surface area contributed by atoms with Crippen molar-refractivity contribution in [3.63, 3.8) is 0 Å². The first-order chi connectivity index (χ1) is 11.5. The maximum atomic E-state index is 14.3. The summed E-state index contributed by atoms with van der Waals surface area (Å²) in [7, 11) is 1.54. The fourth-order valence-electron chi connectivity index (χ4n) is 3.36. The first-order valence-corrected chi connectivity index (χ1v) is 8.35. The number of halogens is 1. The van der Waals surface area contributed by atoms with Crippen LogP contribution in [0, 0.1) is 11.2 Å². The molecule has 2 unspecified atom stereocenters. The smallest absolute Gasteiger partial charge is 0.213 e. The quantitative estimate of drug-likeness (QED) is 0.910. The molecule has 0 saturated carbocycles. The van der Waals surface area contributed by atoms with E-state index in [4.69, 9.17) is 4.74 Å². The summed E-state index contributed by atoms with van der Waals surface area (Å²) < 4.78 is 19.5. The Morgan fingerprint density at radius 2 is 2.25 bits per heavy atom. The summed E-state index contributed by atoms with van der Waals surface area (Å²) >= 11 is 0. The lowest BCUT2D eigenvalue weighted by molar-refractivity contribution is 0.0798. The van der Waals surface area contributed by atoms with Gasteiger partial charge < -0.3 is 9.84 Å². The van der Waals surface area contributed by atoms with Gasteiger partial charge in [-0.25, -0.2) is 9.37 Å². The van der Waals surface area contributed by atoms with Gasteiger partial charge in [-0.3, -0.25) is 9.88 Å². The zero-order valence-electron chi connectivity index (χ0n) is 14.4. The first kappa shape index (κ1) is 17.0. The molecule has 6 heteroatoms. The summed E-state index contributed by atoms with van der Waals surface area (Å²) in [5, 5.41) is 10.3. The van der Waals surface area contributed by atoms with E-state index in [-0.39, 0.29) is 17.3 Å². The number of methoxy groups -OCH3 is 1. The van der Waals surface area contributed by atoms with Crippen molar-refractivity contribution >= 4 is 11.0 Å². The van der Waals surface area contributed by atoms with Gasteiger partial charge >= 0.3 is 0 Å². The molecule has 1 aliphatic heterocycles. The molecule has 130 valence electrons. The highest BCUT2D eigenvalue weighted by Crippen LogP contribution is 2.33. The predicted octanol–water partition coefficient (Wildman–Crippen LogP) is 2.41. The molecule has 5 nitrogen and oxygen atoms in total. The normalized spacial score (nSPS) is 24.6. The molecule has 1 fully saturated rings. The van der Waals surface area contributed by atoms with E-state index < -0.39 is 0 Å². The number of rotatable bonds is 5. The van der Waals surface area contributed by atoms with Crippen LogP contribution < -0.4 is 4.74 Å². The molecule has 2 aromatic heterocycles. The van der Waals surface area contributed by atoms with Crippen LogP contribution in [-0.4, -0.2) is 52.8 Å². The Morgan fingerprint density at radius 1 is 1.46 bits per heavy atom. The van der Waals surface area contributed by atoms with Crippen LogP contribution in [0.4, 0.5) is 4.39 Å². The second kappa shape index (κ2) is 6.61. The van der Waals surface area contributed by atoms with Crippen molar-refractivity contribution in [1.29, 1.82) is 0 Å². The molecule has 1 saturated heterocycles. The van der Waals surface area contributed by atoms with Gasteiger partial charge in [0.25, 0.3) is 0 Å². The van der Waals surface area contributed by atoms with E-state index in [1.807, 2.05) is 0 Å². The van der Waals surface area contributed by atoms with E-state index in [1.54, 1.807) is 12.1 Å². The van der Waals surface area contributed by atoms with Crippen LogP contribution in [0.15, 0.2) is 18.3 Å². The number of hydrogen-bond acceptors (Lipinski definition) is 5. The van der Waals surface area contributed by atoms with Crippen molar-refractivity contribution in [1.82, 2.24) is 14.9 Å².